The summed E-state index contributed by atoms with van der Waals surface area (Å²) in [6, 6.07) is 3.16. The first-order valence-corrected chi connectivity index (χ1v) is 7.32. The highest BCUT2D eigenvalue weighted by molar-refractivity contribution is 6.63. The van der Waals surface area contributed by atoms with Crippen LogP contribution in [0.15, 0.2) is 12.1 Å². The van der Waals surface area contributed by atoms with E-state index in [4.69, 9.17) is 30.4 Å². The molecule has 7 heteroatoms. The van der Waals surface area contributed by atoms with Crippen molar-refractivity contribution in [3.05, 3.63) is 22.7 Å². The number of hydrogen-bond donors (Lipinski definition) is 0. The predicted molar refractivity (Wildman–Crippen MR) is 85.1 cm³/mol. The summed E-state index contributed by atoms with van der Waals surface area (Å²) < 4.78 is 22.1. The Bertz CT molecular complexity index is 584. The fourth-order valence-corrected chi connectivity index (χ4v) is 2.40. The van der Waals surface area contributed by atoms with Gasteiger partial charge in [-0.05, 0) is 39.8 Å². The SMILES string of the molecule is COC(=O)c1cc(B2OC(C)(C)C(C)(C)O2)c(OC)cc1Cl. The van der Waals surface area contributed by atoms with Crippen LogP contribution in [0.1, 0.15) is 38.1 Å². The van der Waals surface area contributed by atoms with E-state index in [1.165, 1.54) is 14.2 Å². The first kappa shape index (κ1) is 17.1. The quantitative estimate of drug-likeness (QED) is 0.631. The molecule has 1 aliphatic heterocycles. The molecule has 2 rings (SSSR count). The van der Waals surface area contributed by atoms with Crippen LogP contribution in [0, 0.1) is 0 Å². The second kappa shape index (κ2) is 5.76. The van der Waals surface area contributed by atoms with E-state index in [-0.39, 0.29) is 10.6 Å². The number of rotatable bonds is 3. The summed E-state index contributed by atoms with van der Waals surface area (Å²) in [7, 11) is 2.18. The smallest absolute Gasteiger partial charge is 0.497 e. The predicted octanol–water partition coefficient (Wildman–Crippen LogP) is 2.43. The Kier molecular flexibility index (Phi) is 4.48. The third kappa shape index (κ3) is 2.83. The molecule has 22 heavy (non-hydrogen) atoms. The number of esters is 1. The van der Waals surface area contributed by atoms with Crippen molar-refractivity contribution in [1.82, 2.24) is 0 Å². The molecule has 0 N–H and O–H groups in total. The van der Waals surface area contributed by atoms with E-state index in [1.807, 2.05) is 27.7 Å². The number of methoxy groups -OCH3 is 2. The highest BCUT2D eigenvalue weighted by atomic mass is 35.5. The topological polar surface area (TPSA) is 54.0 Å². The van der Waals surface area contributed by atoms with Crippen LogP contribution in [0.3, 0.4) is 0 Å². The van der Waals surface area contributed by atoms with Gasteiger partial charge in [0, 0.05) is 5.46 Å². The average molecular weight is 327 g/mol. The maximum absolute atomic E-state index is 11.8. The van der Waals surface area contributed by atoms with Gasteiger partial charge in [0.15, 0.2) is 0 Å². The van der Waals surface area contributed by atoms with Gasteiger partial charge in [0.1, 0.15) is 5.75 Å². The Morgan fingerprint density at radius 3 is 2.14 bits per heavy atom. The minimum absolute atomic E-state index is 0.245. The van der Waals surface area contributed by atoms with Crippen molar-refractivity contribution < 1.29 is 23.6 Å². The number of ether oxygens (including phenoxy) is 2. The number of benzene rings is 1. The second-order valence-corrected chi connectivity index (χ2v) is 6.56. The third-order valence-electron chi connectivity index (χ3n) is 4.23. The van der Waals surface area contributed by atoms with Gasteiger partial charge in [-0.15, -0.1) is 0 Å². The first-order valence-electron chi connectivity index (χ1n) is 6.94. The molecule has 0 unspecified atom stereocenters. The van der Waals surface area contributed by atoms with Crippen LogP contribution in [0.25, 0.3) is 0 Å². The minimum atomic E-state index is -0.652. The largest absolute Gasteiger partial charge is 0.498 e. The molecule has 1 aromatic rings. The molecule has 0 bridgehead atoms. The van der Waals surface area contributed by atoms with Crippen molar-refractivity contribution in [1.29, 1.82) is 0 Å². The molecule has 0 saturated carbocycles. The average Bonchev–Trinajstić information content (AvgIpc) is 2.66. The Balaban J connectivity index is 2.49. The van der Waals surface area contributed by atoms with Crippen LogP contribution in [0.5, 0.6) is 5.75 Å². The lowest BCUT2D eigenvalue weighted by Gasteiger charge is -2.32. The molecule has 5 nitrogen and oxygen atoms in total. The zero-order valence-electron chi connectivity index (χ0n) is 13.7. The number of hydrogen-bond acceptors (Lipinski definition) is 5. The molecule has 0 amide bonds. The number of halogens is 1. The monoisotopic (exact) mass is 326 g/mol. The second-order valence-electron chi connectivity index (χ2n) is 6.15. The van der Waals surface area contributed by atoms with Crippen molar-refractivity contribution >= 4 is 30.2 Å². The molecule has 1 fully saturated rings. The summed E-state index contributed by atoms with van der Waals surface area (Å²) >= 11 is 6.11. The molecular formula is C15H20BClO5. The van der Waals surface area contributed by atoms with Gasteiger partial charge in [0.25, 0.3) is 0 Å². The molecule has 0 aromatic heterocycles. The highest BCUT2D eigenvalue weighted by Crippen LogP contribution is 2.37. The Morgan fingerprint density at radius 2 is 1.68 bits per heavy atom. The van der Waals surface area contributed by atoms with Crippen molar-refractivity contribution in [3.8, 4) is 5.75 Å². The van der Waals surface area contributed by atoms with Crippen LogP contribution in [0.2, 0.25) is 5.02 Å². The molecule has 0 atom stereocenters. The van der Waals surface area contributed by atoms with Crippen LogP contribution in [-0.2, 0) is 14.0 Å². The third-order valence-corrected chi connectivity index (χ3v) is 4.54. The summed E-state index contributed by atoms with van der Waals surface area (Å²) in [5.41, 5.74) is -0.137. The summed E-state index contributed by atoms with van der Waals surface area (Å²) in [4.78, 5) is 11.8. The van der Waals surface area contributed by atoms with Crippen molar-refractivity contribution in [3.63, 3.8) is 0 Å². The van der Waals surface area contributed by atoms with Crippen LogP contribution in [-0.4, -0.2) is 38.5 Å². The lowest BCUT2D eigenvalue weighted by molar-refractivity contribution is 0.00578. The first-order chi connectivity index (χ1) is 10.1. The molecule has 1 aromatic carbocycles. The lowest BCUT2D eigenvalue weighted by atomic mass is 9.77. The van der Waals surface area contributed by atoms with Gasteiger partial charge in [0.05, 0.1) is 36.0 Å². The summed E-state index contributed by atoms with van der Waals surface area (Å²) in [6.07, 6.45) is 0. The van der Waals surface area contributed by atoms with Crippen molar-refractivity contribution in [2.24, 2.45) is 0 Å². The van der Waals surface area contributed by atoms with E-state index in [0.717, 1.165) is 0 Å². The maximum atomic E-state index is 11.8. The van der Waals surface area contributed by atoms with E-state index in [0.29, 0.717) is 11.2 Å². The molecular weight excluding hydrogens is 306 g/mol. The molecule has 1 saturated heterocycles. The minimum Gasteiger partial charge on any atom is -0.497 e. The Hall–Kier alpha value is -1.24. The Labute approximate surface area is 136 Å². The maximum Gasteiger partial charge on any atom is 0.498 e. The van der Waals surface area contributed by atoms with E-state index in [2.05, 4.69) is 0 Å². The van der Waals surface area contributed by atoms with Gasteiger partial charge in [-0.3, -0.25) is 0 Å². The van der Waals surface area contributed by atoms with Crippen LogP contribution in [0.4, 0.5) is 0 Å². The fraction of sp³-hybridized carbons (Fsp3) is 0.533. The molecule has 0 spiro atoms. The van der Waals surface area contributed by atoms with Gasteiger partial charge >= 0.3 is 13.1 Å². The standard InChI is InChI=1S/C15H20BClO5/c1-14(2)15(3,4)22-16(21-14)10-7-9(13(18)20-6)11(17)8-12(10)19-5/h7-8H,1-6H3. The number of carbonyl (C=O) groups is 1. The lowest BCUT2D eigenvalue weighted by Crippen LogP contribution is -2.41. The zero-order valence-corrected chi connectivity index (χ0v) is 14.4. The fourth-order valence-electron chi connectivity index (χ4n) is 2.17. The zero-order chi connectivity index (χ0) is 16.7. The van der Waals surface area contributed by atoms with Gasteiger partial charge < -0.3 is 18.8 Å². The Morgan fingerprint density at radius 1 is 1.14 bits per heavy atom. The van der Waals surface area contributed by atoms with Crippen molar-refractivity contribution in [2.45, 2.75) is 38.9 Å². The van der Waals surface area contributed by atoms with Gasteiger partial charge in [-0.2, -0.15) is 0 Å². The normalized spacial score (nSPS) is 19.1. The molecule has 0 radical (unpaired) electrons. The van der Waals surface area contributed by atoms with Gasteiger partial charge in [-0.1, -0.05) is 11.6 Å². The van der Waals surface area contributed by atoms with E-state index in [1.54, 1.807) is 12.1 Å². The summed E-state index contributed by atoms with van der Waals surface area (Å²) in [5, 5.41) is 0.254. The summed E-state index contributed by atoms with van der Waals surface area (Å²) in [6.45, 7) is 7.82. The number of carbonyl (C=O) groups excluding carboxylic acids is 1. The van der Waals surface area contributed by atoms with Gasteiger partial charge in [-0.25, -0.2) is 4.79 Å². The van der Waals surface area contributed by atoms with Crippen molar-refractivity contribution in [2.75, 3.05) is 14.2 Å². The van der Waals surface area contributed by atoms with E-state index in [9.17, 15) is 4.79 Å². The molecule has 120 valence electrons. The highest BCUT2D eigenvalue weighted by Gasteiger charge is 2.52. The van der Waals surface area contributed by atoms with E-state index < -0.39 is 24.3 Å². The van der Waals surface area contributed by atoms with Crippen LogP contribution < -0.4 is 10.2 Å². The molecule has 1 heterocycles. The summed E-state index contributed by atoms with van der Waals surface area (Å²) in [5.74, 6) is -0.0263. The molecule has 1 aliphatic rings. The molecule has 0 aliphatic carbocycles. The van der Waals surface area contributed by atoms with Crippen LogP contribution >= 0.6 is 11.6 Å². The van der Waals surface area contributed by atoms with Gasteiger partial charge in [0.2, 0.25) is 0 Å². The van der Waals surface area contributed by atoms with E-state index >= 15 is 0 Å².